The highest BCUT2D eigenvalue weighted by Crippen LogP contribution is 2.40. The third-order valence-corrected chi connectivity index (χ3v) is 7.05. The summed E-state index contributed by atoms with van der Waals surface area (Å²) in [5.74, 6) is 1.03. The molecule has 0 aliphatic carbocycles. The molecule has 1 saturated heterocycles. The normalized spacial score (nSPS) is 19.8. The number of aromatic nitrogens is 1. The number of anilines is 2. The van der Waals surface area contributed by atoms with Crippen molar-refractivity contribution in [1.82, 2.24) is 4.57 Å². The summed E-state index contributed by atoms with van der Waals surface area (Å²) in [6.45, 7) is 2.69. The predicted octanol–water partition coefficient (Wildman–Crippen LogP) is 3.40. The molecule has 3 aliphatic rings. The van der Waals surface area contributed by atoms with Gasteiger partial charge in [0.2, 0.25) is 0 Å². The predicted molar refractivity (Wildman–Crippen MR) is 132 cm³/mol. The van der Waals surface area contributed by atoms with Gasteiger partial charge in [0.15, 0.2) is 11.5 Å². The second-order valence-electron chi connectivity index (χ2n) is 9.38. The number of hydrogen-bond acceptors (Lipinski definition) is 7. The third kappa shape index (κ3) is 3.94. The first-order valence-corrected chi connectivity index (χ1v) is 11.9. The van der Waals surface area contributed by atoms with E-state index in [4.69, 9.17) is 9.47 Å². The molecule has 1 amide bonds. The number of ether oxygens (including phenoxy) is 2. The first kappa shape index (κ1) is 22.1. The minimum Gasteiger partial charge on any atom is -0.486 e. The van der Waals surface area contributed by atoms with E-state index in [2.05, 4.69) is 5.32 Å². The Kier molecular flexibility index (Phi) is 5.36. The Morgan fingerprint density at radius 3 is 2.67 bits per heavy atom. The van der Waals surface area contributed by atoms with Gasteiger partial charge in [-0.15, -0.1) is 0 Å². The van der Waals surface area contributed by atoms with Crippen LogP contribution in [0.3, 0.4) is 0 Å². The number of nitrogens with one attached hydrogen (secondary N) is 1. The Hall–Kier alpha value is -4.34. The zero-order chi connectivity index (χ0) is 24.8. The Bertz CT molecular complexity index is 1430. The minimum atomic E-state index is -0.454. The fraction of sp³-hybridized carbons (Fsp3) is 0.308. The summed E-state index contributed by atoms with van der Waals surface area (Å²) in [4.78, 5) is 38.8. The molecule has 6 rings (SSSR count). The minimum absolute atomic E-state index is 0.00462. The van der Waals surface area contributed by atoms with Crippen LogP contribution >= 0.6 is 0 Å². The molecule has 3 aliphatic heterocycles. The lowest BCUT2D eigenvalue weighted by Crippen LogP contribution is -2.47. The summed E-state index contributed by atoms with van der Waals surface area (Å²) >= 11 is 0. The van der Waals surface area contributed by atoms with E-state index in [1.807, 2.05) is 15.5 Å². The number of nitro groups is 1. The molecule has 0 unspecified atom stereocenters. The number of pyridine rings is 1. The standard InChI is InChI=1S/C26H24N4O6/c31-25-3-1-2-20-18-10-16(14-29(20)25)13-28(15-18)21-6-4-17(11-22(21)30(33)34)26(32)27-19-5-7-23-24(12-19)36-9-8-35-23/h1-7,11-12,16,18H,8-10,13-15H2,(H,27,32)/t16-,18+/m1/s1. The highest BCUT2D eigenvalue weighted by atomic mass is 16.6. The zero-order valence-electron chi connectivity index (χ0n) is 19.4. The van der Waals surface area contributed by atoms with Crippen molar-refractivity contribution in [3.05, 3.63) is 86.3 Å². The average molecular weight is 489 g/mol. The second-order valence-corrected chi connectivity index (χ2v) is 9.38. The lowest BCUT2D eigenvalue weighted by Gasteiger charge is -2.43. The van der Waals surface area contributed by atoms with E-state index in [-0.39, 0.29) is 28.6 Å². The molecule has 4 heterocycles. The van der Waals surface area contributed by atoms with Crippen molar-refractivity contribution in [2.75, 3.05) is 36.5 Å². The van der Waals surface area contributed by atoms with Gasteiger partial charge in [0.1, 0.15) is 18.9 Å². The average Bonchev–Trinajstić information content (AvgIpc) is 2.89. The van der Waals surface area contributed by atoms with Crippen LogP contribution in [-0.2, 0) is 6.54 Å². The number of nitro benzene ring substituents is 1. The van der Waals surface area contributed by atoms with Crippen LogP contribution in [0.15, 0.2) is 59.4 Å². The topological polar surface area (TPSA) is 116 Å². The molecule has 1 fully saturated rings. The van der Waals surface area contributed by atoms with E-state index in [1.54, 1.807) is 42.5 Å². The van der Waals surface area contributed by atoms with Crippen molar-refractivity contribution < 1.29 is 19.2 Å². The molecular formula is C26H24N4O6. The lowest BCUT2D eigenvalue weighted by molar-refractivity contribution is -0.384. The molecule has 36 heavy (non-hydrogen) atoms. The largest absolute Gasteiger partial charge is 0.486 e. The molecule has 1 N–H and O–H groups in total. The van der Waals surface area contributed by atoms with Gasteiger partial charge in [-0.05, 0) is 42.7 Å². The van der Waals surface area contributed by atoms with Gasteiger partial charge in [-0.1, -0.05) is 6.07 Å². The van der Waals surface area contributed by atoms with Crippen molar-refractivity contribution in [1.29, 1.82) is 0 Å². The second kappa shape index (κ2) is 8.71. The van der Waals surface area contributed by atoms with Crippen molar-refractivity contribution in [3.8, 4) is 11.5 Å². The van der Waals surface area contributed by atoms with Gasteiger partial charge in [-0.3, -0.25) is 19.7 Å². The van der Waals surface area contributed by atoms with Crippen molar-refractivity contribution in [2.45, 2.75) is 18.9 Å². The van der Waals surface area contributed by atoms with Crippen LogP contribution in [-0.4, -0.2) is 41.7 Å². The van der Waals surface area contributed by atoms with Gasteiger partial charge in [0, 0.05) is 60.7 Å². The van der Waals surface area contributed by atoms with Gasteiger partial charge in [0.25, 0.3) is 17.2 Å². The number of fused-ring (bicyclic) bond motifs is 5. The van der Waals surface area contributed by atoms with Crippen molar-refractivity contribution in [2.24, 2.45) is 5.92 Å². The van der Waals surface area contributed by atoms with Crippen LogP contribution in [0.5, 0.6) is 11.5 Å². The molecule has 2 aromatic carbocycles. The molecule has 184 valence electrons. The van der Waals surface area contributed by atoms with E-state index in [0.717, 1.165) is 12.1 Å². The molecule has 2 atom stereocenters. The Morgan fingerprint density at radius 1 is 1.00 bits per heavy atom. The summed E-state index contributed by atoms with van der Waals surface area (Å²) in [5, 5.41) is 14.8. The Balaban J connectivity index is 1.25. The van der Waals surface area contributed by atoms with Crippen LogP contribution in [0.25, 0.3) is 0 Å². The maximum absolute atomic E-state index is 12.9. The molecule has 10 heteroatoms. The molecule has 3 aromatic rings. The van der Waals surface area contributed by atoms with E-state index < -0.39 is 10.8 Å². The van der Waals surface area contributed by atoms with Gasteiger partial charge in [-0.2, -0.15) is 0 Å². The quantitative estimate of drug-likeness (QED) is 0.442. The van der Waals surface area contributed by atoms with Crippen LogP contribution in [0.1, 0.15) is 28.4 Å². The summed E-state index contributed by atoms with van der Waals surface area (Å²) in [7, 11) is 0. The van der Waals surface area contributed by atoms with Crippen LogP contribution in [0, 0.1) is 16.0 Å². The lowest BCUT2D eigenvalue weighted by atomic mass is 9.83. The molecule has 0 saturated carbocycles. The molecule has 0 radical (unpaired) electrons. The highest BCUT2D eigenvalue weighted by molar-refractivity contribution is 6.05. The van der Waals surface area contributed by atoms with Gasteiger partial charge in [0.05, 0.1) is 4.92 Å². The number of carbonyl (C=O) groups excluding carboxylic acids is 1. The molecular weight excluding hydrogens is 464 g/mol. The summed E-state index contributed by atoms with van der Waals surface area (Å²) < 4.78 is 12.9. The maximum Gasteiger partial charge on any atom is 0.293 e. The molecule has 10 nitrogen and oxygen atoms in total. The first-order chi connectivity index (χ1) is 17.5. The number of piperidine rings is 1. The van der Waals surface area contributed by atoms with E-state index in [9.17, 15) is 19.7 Å². The number of hydrogen-bond donors (Lipinski definition) is 1. The van der Waals surface area contributed by atoms with Crippen LogP contribution < -0.4 is 25.2 Å². The first-order valence-electron chi connectivity index (χ1n) is 11.9. The number of carbonyl (C=O) groups is 1. The summed E-state index contributed by atoms with van der Waals surface area (Å²) in [6, 6.07) is 15.0. The van der Waals surface area contributed by atoms with Gasteiger partial charge >= 0.3 is 0 Å². The summed E-state index contributed by atoms with van der Waals surface area (Å²) in [6.07, 6.45) is 0.948. The van der Waals surface area contributed by atoms with Crippen molar-refractivity contribution in [3.63, 3.8) is 0 Å². The summed E-state index contributed by atoms with van der Waals surface area (Å²) in [5.41, 5.74) is 2.03. The fourth-order valence-corrected chi connectivity index (χ4v) is 5.50. The third-order valence-electron chi connectivity index (χ3n) is 7.05. The van der Waals surface area contributed by atoms with Gasteiger partial charge < -0.3 is 24.3 Å². The van der Waals surface area contributed by atoms with Crippen LogP contribution in [0.4, 0.5) is 17.1 Å². The molecule has 2 bridgehead atoms. The highest BCUT2D eigenvalue weighted by Gasteiger charge is 2.36. The smallest absolute Gasteiger partial charge is 0.293 e. The van der Waals surface area contributed by atoms with E-state index in [1.165, 1.54) is 6.07 Å². The fourth-order valence-electron chi connectivity index (χ4n) is 5.50. The molecule has 0 spiro atoms. The zero-order valence-corrected chi connectivity index (χ0v) is 19.4. The number of amides is 1. The Labute approximate surface area is 206 Å². The molecule has 1 aromatic heterocycles. The van der Waals surface area contributed by atoms with Crippen LogP contribution in [0.2, 0.25) is 0 Å². The Morgan fingerprint density at radius 2 is 1.83 bits per heavy atom. The maximum atomic E-state index is 12.9. The monoisotopic (exact) mass is 488 g/mol. The SMILES string of the molecule is O=C(Nc1ccc2c(c1)OCCO2)c1ccc(N2C[C@H]3C[C@@H](C2)c2cccc(=O)n2C3)c([N+](=O)[O-])c1. The number of nitrogens with zero attached hydrogens (tertiary/aromatic N) is 3. The van der Waals surface area contributed by atoms with Crippen molar-refractivity contribution >= 4 is 23.0 Å². The van der Waals surface area contributed by atoms with Gasteiger partial charge in [-0.25, -0.2) is 0 Å². The number of rotatable bonds is 4. The van der Waals surface area contributed by atoms with E-state index >= 15 is 0 Å². The van der Waals surface area contributed by atoms with E-state index in [0.29, 0.717) is 55.7 Å². The number of benzene rings is 2.